The number of benzene rings is 1. The Balaban J connectivity index is 1.62. The highest BCUT2D eigenvalue weighted by molar-refractivity contribution is 5.61. The van der Waals surface area contributed by atoms with E-state index in [-0.39, 0.29) is 12.2 Å². The van der Waals surface area contributed by atoms with Crippen molar-refractivity contribution in [2.45, 2.75) is 72.3 Å². The molecule has 0 fully saturated rings. The van der Waals surface area contributed by atoms with E-state index in [4.69, 9.17) is 0 Å². The molecule has 0 saturated heterocycles. The summed E-state index contributed by atoms with van der Waals surface area (Å²) in [6.45, 7) is 8.24. The molecule has 0 aliphatic rings. The Morgan fingerprint density at radius 3 is 2.47 bits per heavy atom. The third kappa shape index (κ3) is 4.76. The first-order valence-electron chi connectivity index (χ1n) is 11.7. The van der Waals surface area contributed by atoms with Crippen LogP contribution < -0.4 is 0 Å². The van der Waals surface area contributed by atoms with Gasteiger partial charge >= 0.3 is 5.92 Å². The van der Waals surface area contributed by atoms with Gasteiger partial charge in [-0.25, -0.2) is 14.8 Å². The van der Waals surface area contributed by atoms with Crippen molar-refractivity contribution in [2.75, 3.05) is 0 Å². The Hall–Kier alpha value is -3.43. The molecule has 3 aromatic heterocycles. The second-order valence-corrected chi connectivity index (χ2v) is 8.64. The SMILES string of the molecule is CCCCc1nc(C(F)(F)CCC)nn1Cc1ccc(-n2c(C)cc(C)c2-c2nnn[nH]2)cc1. The van der Waals surface area contributed by atoms with Crippen LogP contribution in [0.25, 0.3) is 17.2 Å². The molecule has 0 atom stereocenters. The number of aromatic amines is 1. The van der Waals surface area contributed by atoms with Gasteiger partial charge in [0, 0.05) is 24.2 Å². The van der Waals surface area contributed by atoms with E-state index in [1.807, 2.05) is 38.1 Å². The number of hydrogen-bond acceptors (Lipinski definition) is 5. The standard InChI is InChI=1S/C24H30F2N8/c1-5-7-8-20-27-23(24(25,26)13-6-2)30-33(20)15-18-9-11-19(12-10-18)34-17(4)14-16(3)21(34)22-28-31-32-29-22/h9-12,14H,5-8,13,15H2,1-4H3,(H,28,29,31,32). The summed E-state index contributed by atoms with van der Waals surface area (Å²) >= 11 is 0. The third-order valence-corrected chi connectivity index (χ3v) is 5.87. The molecule has 1 N–H and O–H groups in total. The first-order chi connectivity index (χ1) is 16.3. The van der Waals surface area contributed by atoms with E-state index in [1.54, 1.807) is 11.6 Å². The summed E-state index contributed by atoms with van der Waals surface area (Å²) in [5.74, 6) is -2.19. The van der Waals surface area contributed by atoms with Gasteiger partial charge in [-0.2, -0.15) is 8.78 Å². The van der Waals surface area contributed by atoms with Gasteiger partial charge in [0.2, 0.25) is 5.82 Å². The molecule has 4 rings (SSSR count). The first kappa shape index (κ1) is 23.7. The van der Waals surface area contributed by atoms with Gasteiger partial charge in [-0.3, -0.25) is 0 Å². The van der Waals surface area contributed by atoms with Crippen molar-refractivity contribution >= 4 is 0 Å². The van der Waals surface area contributed by atoms with Gasteiger partial charge in [-0.1, -0.05) is 32.4 Å². The maximum absolute atomic E-state index is 14.5. The normalized spacial score (nSPS) is 11.9. The van der Waals surface area contributed by atoms with Crippen molar-refractivity contribution < 1.29 is 8.78 Å². The Labute approximate surface area is 197 Å². The van der Waals surface area contributed by atoms with E-state index >= 15 is 0 Å². The lowest BCUT2D eigenvalue weighted by molar-refractivity contribution is -0.0232. The summed E-state index contributed by atoms with van der Waals surface area (Å²) in [7, 11) is 0. The molecule has 0 spiro atoms. The van der Waals surface area contributed by atoms with Crippen LogP contribution in [0, 0.1) is 13.8 Å². The lowest BCUT2D eigenvalue weighted by Gasteiger charge is -2.12. The Kier molecular flexibility index (Phi) is 6.85. The molecule has 0 amide bonds. The second-order valence-electron chi connectivity index (χ2n) is 8.64. The highest BCUT2D eigenvalue weighted by Gasteiger charge is 2.36. The predicted molar refractivity (Wildman–Crippen MR) is 125 cm³/mol. The number of unbranched alkanes of at least 4 members (excludes halogenated alkanes) is 1. The predicted octanol–water partition coefficient (Wildman–Crippen LogP) is 5.15. The van der Waals surface area contributed by atoms with Gasteiger partial charge in [0.05, 0.1) is 12.2 Å². The maximum Gasteiger partial charge on any atom is 0.308 e. The Morgan fingerprint density at radius 1 is 1.06 bits per heavy atom. The largest absolute Gasteiger partial charge is 0.311 e. The Bertz CT molecular complexity index is 1220. The van der Waals surface area contributed by atoms with Crippen molar-refractivity contribution in [3.8, 4) is 17.2 Å². The first-order valence-corrected chi connectivity index (χ1v) is 11.7. The number of tetrazole rings is 1. The van der Waals surface area contributed by atoms with E-state index in [0.717, 1.165) is 41.0 Å². The zero-order valence-electron chi connectivity index (χ0n) is 20.0. The lowest BCUT2D eigenvalue weighted by Crippen LogP contribution is -2.15. The smallest absolute Gasteiger partial charge is 0.308 e. The Morgan fingerprint density at radius 2 is 1.82 bits per heavy atom. The third-order valence-electron chi connectivity index (χ3n) is 5.87. The molecular formula is C24H30F2N8. The zero-order chi connectivity index (χ0) is 24.3. The van der Waals surface area contributed by atoms with Crippen LogP contribution in [0.4, 0.5) is 8.78 Å². The van der Waals surface area contributed by atoms with Gasteiger partial charge in [0.25, 0.3) is 0 Å². The van der Waals surface area contributed by atoms with Crippen LogP contribution in [0.2, 0.25) is 0 Å². The van der Waals surface area contributed by atoms with Gasteiger partial charge in [0.1, 0.15) is 5.82 Å². The van der Waals surface area contributed by atoms with Crippen LogP contribution in [0.5, 0.6) is 0 Å². The second kappa shape index (κ2) is 9.82. The molecule has 0 unspecified atom stereocenters. The molecule has 34 heavy (non-hydrogen) atoms. The number of hydrogen-bond donors (Lipinski definition) is 1. The summed E-state index contributed by atoms with van der Waals surface area (Å²) in [6, 6.07) is 10.1. The van der Waals surface area contributed by atoms with E-state index < -0.39 is 5.92 Å². The highest BCUT2D eigenvalue weighted by Crippen LogP contribution is 2.31. The molecule has 0 bridgehead atoms. The molecule has 0 aliphatic carbocycles. The average Bonchev–Trinajstić information content (AvgIpc) is 3.52. The van der Waals surface area contributed by atoms with Crippen LogP contribution in [-0.4, -0.2) is 40.0 Å². The van der Waals surface area contributed by atoms with E-state index in [1.165, 1.54) is 0 Å². The highest BCUT2D eigenvalue weighted by atomic mass is 19.3. The van der Waals surface area contributed by atoms with E-state index in [9.17, 15) is 8.78 Å². The fourth-order valence-corrected chi connectivity index (χ4v) is 4.21. The molecule has 3 heterocycles. The van der Waals surface area contributed by atoms with Crippen molar-refractivity contribution in [3.05, 3.63) is 58.8 Å². The summed E-state index contributed by atoms with van der Waals surface area (Å²) in [5.41, 5.74) is 4.93. The quantitative estimate of drug-likeness (QED) is 0.348. The fourth-order valence-electron chi connectivity index (χ4n) is 4.21. The number of alkyl halides is 2. The van der Waals surface area contributed by atoms with Crippen molar-refractivity contribution in [3.63, 3.8) is 0 Å². The van der Waals surface area contributed by atoms with Crippen LogP contribution >= 0.6 is 0 Å². The van der Waals surface area contributed by atoms with Gasteiger partial charge in [-0.15, -0.1) is 10.2 Å². The molecule has 8 nitrogen and oxygen atoms in total. The minimum absolute atomic E-state index is 0.252. The minimum Gasteiger partial charge on any atom is -0.311 e. The van der Waals surface area contributed by atoms with Crippen LogP contribution in [0.3, 0.4) is 0 Å². The van der Waals surface area contributed by atoms with Gasteiger partial charge in [0.15, 0.2) is 5.82 Å². The molecule has 0 saturated carbocycles. The number of halogens is 2. The number of aromatic nitrogens is 8. The van der Waals surface area contributed by atoms with E-state index in [0.29, 0.717) is 31.0 Å². The maximum atomic E-state index is 14.5. The molecule has 180 valence electrons. The molecular weight excluding hydrogens is 438 g/mol. The average molecular weight is 469 g/mol. The lowest BCUT2D eigenvalue weighted by atomic mass is 10.2. The summed E-state index contributed by atoms with van der Waals surface area (Å²) < 4.78 is 32.7. The zero-order valence-corrected chi connectivity index (χ0v) is 20.0. The molecule has 0 radical (unpaired) electrons. The number of nitrogens with one attached hydrogen (secondary N) is 1. The monoisotopic (exact) mass is 468 g/mol. The van der Waals surface area contributed by atoms with Crippen molar-refractivity contribution in [1.82, 2.24) is 40.0 Å². The molecule has 1 aromatic carbocycles. The summed E-state index contributed by atoms with van der Waals surface area (Å²) in [6.07, 6.45) is 2.58. The number of aryl methyl sites for hydroxylation is 3. The molecule has 0 aliphatic heterocycles. The van der Waals surface area contributed by atoms with Gasteiger partial charge in [-0.05, 0) is 66.4 Å². The molecule has 4 aromatic rings. The number of rotatable bonds is 10. The number of nitrogens with zero attached hydrogens (tertiary/aromatic N) is 7. The van der Waals surface area contributed by atoms with E-state index in [2.05, 4.69) is 48.3 Å². The van der Waals surface area contributed by atoms with Crippen molar-refractivity contribution in [2.24, 2.45) is 0 Å². The van der Waals surface area contributed by atoms with Crippen LogP contribution in [0.15, 0.2) is 30.3 Å². The minimum atomic E-state index is -3.01. The van der Waals surface area contributed by atoms with Gasteiger partial charge < -0.3 is 4.57 Å². The van der Waals surface area contributed by atoms with Crippen LogP contribution in [0.1, 0.15) is 68.0 Å². The number of H-pyrrole nitrogens is 1. The topological polar surface area (TPSA) is 90.1 Å². The molecule has 10 heteroatoms. The summed E-state index contributed by atoms with van der Waals surface area (Å²) in [4.78, 5) is 4.23. The fraction of sp³-hybridized carbons (Fsp3) is 0.458. The van der Waals surface area contributed by atoms with Crippen molar-refractivity contribution in [1.29, 1.82) is 0 Å². The van der Waals surface area contributed by atoms with Crippen LogP contribution in [-0.2, 0) is 18.9 Å². The summed E-state index contributed by atoms with van der Waals surface area (Å²) in [5, 5.41) is 18.5.